The predicted octanol–water partition coefficient (Wildman–Crippen LogP) is 3.33. The molecule has 1 aromatic carbocycles. The minimum atomic E-state index is -0.224. The lowest BCUT2D eigenvalue weighted by Crippen LogP contribution is -2.39. The Morgan fingerprint density at radius 3 is 2.19 bits per heavy atom. The zero-order valence-electron chi connectivity index (χ0n) is 10.6. The molecule has 0 aliphatic carbocycles. The fraction of sp³-hybridized carbons (Fsp3) is 0.538. The van der Waals surface area contributed by atoms with Crippen LogP contribution in [-0.2, 0) is 0 Å². The van der Waals surface area contributed by atoms with E-state index in [9.17, 15) is 0 Å². The maximum Gasteiger partial charge on any atom is 0.126 e. The topological polar surface area (TPSA) is 21.3 Å². The summed E-state index contributed by atoms with van der Waals surface area (Å²) in [5.74, 6) is 0.935. The summed E-state index contributed by atoms with van der Waals surface area (Å²) in [7, 11) is 1.92. The smallest absolute Gasteiger partial charge is 0.126 e. The van der Waals surface area contributed by atoms with E-state index in [0.717, 1.165) is 28.4 Å². The van der Waals surface area contributed by atoms with Gasteiger partial charge in [0.25, 0.3) is 0 Å². The van der Waals surface area contributed by atoms with Crippen molar-refractivity contribution < 1.29 is 4.74 Å². The molecule has 0 saturated heterocycles. The Balaban J connectivity index is 2.97. The highest BCUT2D eigenvalue weighted by Gasteiger charge is 2.20. The van der Waals surface area contributed by atoms with Crippen LogP contribution in [0.3, 0.4) is 0 Å². The Kier molecular flexibility index (Phi) is 4.22. The van der Waals surface area contributed by atoms with Crippen LogP contribution in [0.15, 0.2) is 12.1 Å². The summed E-state index contributed by atoms with van der Waals surface area (Å²) in [5.41, 5.74) is 1.93. The number of halogens is 1. The summed E-state index contributed by atoms with van der Waals surface area (Å²) in [5, 5.41) is 3.89. The Morgan fingerprint density at radius 2 is 1.75 bits per heavy atom. The maximum atomic E-state index is 6.04. The van der Waals surface area contributed by atoms with Gasteiger partial charge in [0.2, 0.25) is 0 Å². The van der Waals surface area contributed by atoms with Crippen LogP contribution in [0.4, 0.5) is 0 Å². The van der Waals surface area contributed by atoms with E-state index in [1.54, 1.807) is 0 Å². The van der Waals surface area contributed by atoms with E-state index in [2.05, 4.69) is 19.2 Å². The molecule has 1 rings (SSSR count). The predicted molar refractivity (Wildman–Crippen MR) is 69.6 cm³/mol. The maximum absolute atomic E-state index is 6.04. The highest BCUT2D eigenvalue weighted by atomic mass is 35.5. The van der Waals surface area contributed by atoms with Gasteiger partial charge in [0.1, 0.15) is 11.4 Å². The van der Waals surface area contributed by atoms with Crippen molar-refractivity contribution in [3.63, 3.8) is 0 Å². The summed E-state index contributed by atoms with van der Waals surface area (Å²) in [4.78, 5) is 0. The van der Waals surface area contributed by atoms with E-state index in [4.69, 9.17) is 16.3 Å². The fourth-order valence-corrected chi connectivity index (χ4v) is 2.12. The zero-order chi connectivity index (χ0) is 12.3. The average molecular weight is 242 g/mol. The van der Waals surface area contributed by atoms with Crippen LogP contribution in [0.1, 0.15) is 25.0 Å². The fourth-order valence-electron chi connectivity index (χ4n) is 1.80. The molecule has 0 aliphatic heterocycles. The molecule has 0 fully saturated rings. The van der Waals surface area contributed by atoms with E-state index in [1.165, 1.54) is 0 Å². The third-order valence-corrected chi connectivity index (χ3v) is 2.62. The first-order chi connectivity index (χ1) is 7.35. The molecular formula is C13H20ClNO. The molecule has 16 heavy (non-hydrogen) atoms. The number of aryl methyl sites for hydroxylation is 2. The molecule has 0 bridgehead atoms. The van der Waals surface area contributed by atoms with Crippen molar-refractivity contribution in [3.8, 4) is 5.75 Å². The molecule has 0 heterocycles. The molecule has 3 heteroatoms. The van der Waals surface area contributed by atoms with Crippen LogP contribution in [0.5, 0.6) is 5.75 Å². The SMILES string of the molecule is CNCC(C)(C)Oc1c(C)cc(Cl)cc1C. The van der Waals surface area contributed by atoms with Gasteiger partial charge in [-0.1, -0.05) is 11.6 Å². The second-order valence-electron chi connectivity index (χ2n) is 4.76. The second-order valence-corrected chi connectivity index (χ2v) is 5.20. The van der Waals surface area contributed by atoms with Gasteiger partial charge in [-0.3, -0.25) is 0 Å². The molecule has 0 spiro atoms. The van der Waals surface area contributed by atoms with Crippen molar-refractivity contribution in [2.24, 2.45) is 0 Å². The molecule has 0 aromatic heterocycles. The molecule has 0 amide bonds. The first-order valence-electron chi connectivity index (χ1n) is 5.46. The normalized spacial score (nSPS) is 11.6. The van der Waals surface area contributed by atoms with E-state index in [0.29, 0.717) is 0 Å². The van der Waals surface area contributed by atoms with Crippen LogP contribution in [0, 0.1) is 13.8 Å². The number of ether oxygens (including phenoxy) is 1. The Bertz CT molecular complexity index is 351. The first-order valence-corrected chi connectivity index (χ1v) is 5.84. The van der Waals surface area contributed by atoms with Gasteiger partial charge in [-0.2, -0.15) is 0 Å². The van der Waals surface area contributed by atoms with Crippen LogP contribution < -0.4 is 10.1 Å². The number of rotatable bonds is 4. The summed E-state index contributed by atoms with van der Waals surface area (Å²) < 4.78 is 6.04. The van der Waals surface area contributed by atoms with Gasteiger partial charge in [0, 0.05) is 11.6 Å². The average Bonchev–Trinajstić information content (AvgIpc) is 2.11. The molecule has 0 atom stereocenters. The quantitative estimate of drug-likeness (QED) is 0.873. The number of hydrogen-bond acceptors (Lipinski definition) is 2. The van der Waals surface area contributed by atoms with Gasteiger partial charge >= 0.3 is 0 Å². The van der Waals surface area contributed by atoms with Crippen LogP contribution >= 0.6 is 11.6 Å². The molecule has 2 nitrogen and oxygen atoms in total. The standard InChI is InChI=1S/C13H20ClNO/c1-9-6-11(14)7-10(2)12(9)16-13(3,4)8-15-5/h6-7,15H,8H2,1-5H3. The molecule has 0 radical (unpaired) electrons. The van der Waals surface area contributed by atoms with Crippen molar-refractivity contribution in [3.05, 3.63) is 28.3 Å². The van der Waals surface area contributed by atoms with Crippen molar-refractivity contribution in [2.75, 3.05) is 13.6 Å². The minimum Gasteiger partial charge on any atom is -0.486 e. The summed E-state index contributed by atoms with van der Waals surface area (Å²) in [6.45, 7) is 8.97. The minimum absolute atomic E-state index is 0.224. The third kappa shape index (κ3) is 3.39. The first kappa shape index (κ1) is 13.3. The van der Waals surface area contributed by atoms with Crippen molar-refractivity contribution in [1.82, 2.24) is 5.32 Å². The Labute approximate surface area is 103 Å². The van der Waals surface area contributed by atoms with E-state index in [-0.39, 0.29) is 5.60 Å². The lowest BCUT2D eigenvalue weighted by molar-refractivity contribution is 0.108. The van der Waals surface area contributed by atoms with Crippen LogP contribution in [0.25, 0.3) is 0 Å². The van der Waals surface area contributed by atoms with E-state index in [1.807, 2.05) is 33.0 Å². The van der Waals surface area contributed by atoms with Gasteiger partial charge in [0.15, 0.2) is 0 Å². The van der Waals surface area contributed by atoms with Crippen LogP contribution in [-0.4, -0.2) is 19.2 Å². The summed E-state index contributed by atoms with van der Waals surface area (Å²) in [6.07, 6.45) is 0. The van der Waals surface area contributed by atoms with Gasteiger partial charge < -0.3 is 10.1 Å². The number of hydrogen-bond donors (Lipinski definition) is 1. The van der Waals surface area contributed by atoms with Gasteiger partial charge in [0.05, 0.1) is 0 Å². The van der Waals surface area contributed by atoms with Crippen molar-refractivity contribution in [2.45, 2.75) is 33.3 Å². The lowest BCUT2D eigenvalue weighted by atomic mass is 10.1. The molecule has 0 unspecified atom stereocenters. The van der Waals surface area contributed by atoms with Gasteiger partial charge in [-0.25, -0.2) is 0 Å². The van der Waals surface area contributed by atoms with Crippen LogP contribution in [0.2, 0.25) is 5.02 Å². The second kappa shape index (κ2) is 5.07. The van der Waals surface area contributed by atoms with Gasteiger partial charge in [-0.15, -0.1) is 0 Å². The number of likely N-dealkylation sites (N-methyl/N-ethyl adjacent to an activating group) is 1. The molecule has 90 valence electrons. The Morgan fingerprint density at radius 1 is 1.25 bits per heavy atom. The van der Waals surface area contributed by atoms with Crippen molar-refractivity contribution in [1.29, 1.82) is 0 Å². The van der Waals surface area contributed by atoms with E-state index >= 15 is 0 Å². The molecule has 0 aliphatic rings. The zero-order valence-corrected chi connectivity index (χ0v) is 11.4. The van der Waals surface area contributed by atoms with Crippen molar-refractivity contribution >= 4 is 11.6 Å². The largest absolute Gasteiger partial charge is 0.486 e. The summed E-state index contributed by atoms with van der Waals surface area (Å²) >= 11 is 5.99. The molecule has 1 aromatic rings. The van der Waals surface area contributed by atoms with E-state index < -0.39 is 0 Å². The van der Waals surface area contributed by atoms with Gasteiger partial charge in [-0.05, 0) is 58.0 Å². The molecule has 0 saturated carbocycles. The molecule has 1 N–H and O–H groups in total. The number of benzene rings is 1. The highest BCUT2D eigenvalue weighted by Crippen LogP contribution is 2.29. The monoisotopic (exact) mass is 241 g/mol. The lowest BCUT2D eigenvalue weighted by Gasteiger charge is -2.28. The Hall–Kier alpha value is -0.730. The third-order valence-electron chi connectivity index (χ3n) is 2.41. The molecular weight excluding hydrogens is 222 g/mol. The number of nitrogens with one attached hydrogen (secondary N) is 1. The summed E-state index contributed by atoms with van der Waals surface area (Å²) in [6, 6.07) is 3.86. The highest BCUT2D eigenvalue weighted by molar-refractivity contribution is 6.30.